The minimum Gasteiger partial charge on any atom is -0.349 e. The first-order valence-corrected chi connectivity index (χ1v) is 5.80. The van der Waals surface area contributed by atoms with Crippen LogP contribution in [0.3, 0.4) is 0 Å². The van der Waals surface area contributed by atoms with Gasteiger partial charge in [-0.2, -0.15) is 9.65 Å². The fourth-order valence-corrected chi connectivity index (χ4v) is 1.84. The highest BCUT2D eigenvalue weighted by Crippen LogP contribution is 2.32. The summed E-state index contributed by atoms with van der Waals surface area (Å²) in [7, 11) is 0. The third-order valence-corrected chi connectivity index (χ3v) is 2.78. The quantitative estimate of drug-likeness (QED) is 0.684. The van der Waals surface area contributed by atoms with Gasteiger partial charge >= 0.3 is 5.69 Å². The molecule has 0 bridgehead atoms. The van der Waals surface area contributed by atoms with E-state index in [1.807, 2.05) is 6.07 Å². The molecule has 0 radical (unpaired) electrons. The maximum atomic E-state index is 13.5. The molecule has 0 fully saturated rings. The van der Waals surface area contributed by atoms with Gasteiger partial charge in [0.05, 0.1) is 16.2 Å². The van der Waals surface area contributed by atoms with Crippen LogP contribution in [-0.2, 0) is 0 Å². The van der Waals surface area contributed by atoms with Gasteiger partial charge < -0.3 is 5.32 Å². The van der Waals surface area contributed by atoms with Crippen molar-refractivity contribution in [1.82, 2.24) is 0 Å². The Morgan fingerprint density at radius 2 is 2.05 bits per heavy atom. The van der Waals surface area contributed by atoms with Crippen LogP contribution >= 0.6 is 11.6 Å². The van der Waals surface area contributed by atoms with Gasteiger partial charge in [-0.05, 0) is 30.3 Å². The molecule has 0 aliphatic carbocycles. The fraction of sp³-hybridized carbons (Fsp3) is 0. The van der Waals surface area contributed by atoms with E-state index >= 15 is 0 Å². The second-order valence-electron chi connectivity index (χ2n) is 3.82. The number of rotatable bonds is 3. The molecule has 0 atom stereocenters. The average Bonchev–Trinajstić information content (AvgIpc) is 2.38. The number of hydrogen-bond donors (Lipinski definition) is 1. The van der Waals surface area contributed by atoms with Gasteiger partial charge in [0.2, 0.25) is 5.82 Å². The lowest BCUT2D eigenvalue weighted by molar-refractivity contribution is -0.386. The predicted octanol–water partition coefficient (Wildman–Crippen LogP) is 4.00. The number of nitro benzene ring substituents is 1. The molecule has 2 rings (SSSR count). The number of nitrogens with zero attached hydrogens (tertiary/aromatic N) is 2. The van der Waals surface area contributed by atoms with E-state index in [0.717, 1.165) is 6.07 Å². The molecule has 100 valence electrons. The monoisotopic (exact) mass is 291 g/mol. The van der Waals surface area contributed by atoms with E-state index in [2.05, 4.69) is 5.32 Å². The largest absolute Gasteiger partial charge is 0.349 e. The number of nitro groups is 1. The van der Waals surface area contributed by atoms with Crippen molar-refractivity contribution in [3.05, 3.63) is 62.9 Å². The molecule has 0 unspecified atom stereocenters. The number of benzene rings is 2. The van der Waals surface area contributed by atoms with Crippen molar-refractivity contribution < 1.29 is 9.31 Å². The third kappa shape index (κ3) is 2.68. The Morgan fingerprint density at radius 1 is 1.30 bits per heavy atom. The Morgan fingerprint density at radius 3 is 2.70 bits per heavy atom. The molecule has 2 aromatic rings. The molecule has 1 N–H and O–H groups in total. The Hall–Kier alpha value is -2.65. The van der Waals surface area contributed by atoms with Crippen LogP contribution in [0.15, 0.2) is 36.4 Å². The molecule has 7 heteroatoms. The second kappa shape index (κ2) is 5.55. The Labute approximate surface area is 118 Å². The van der Waals surface area contributed by atoms with E-state index < -0.39 is 16.4 Å². The van der Waals surface area contributed by atoms with E-state index in [1.165, 1.54) is 30.3 Å². The standard InChI is InChI=1S/C13H7ClFN3O2/c14-9-5-4-8(7-16)12(6-9)17-11-3-1-2-10(15)13(11)18(19)20/h1-6,17H. The smallest absolute Gasteiger partial charge is 0.327 e. The van der Waals surface area contributed by atoms with Crippen LogP contribution in [0.4, 0.5) is 21.5 Å². The summed E-state index contributed by atoms with van der Waals surface area (Å²) in [6.45, 7) is 0. The van der Waals surface area contributed by atoms with Gasteiger partial charge in [0.25, 0.3) is 0 Å². The van der Waals surface area contributed by atoms with Gasteiger partial charge in [-0.1, -0.05) is 17.7 Å². The molecule has 0 heterocycles. The summed E-state index contributed by atoms with van der Waals surface area (Å²) in [5.74, 6) is -0.958. The van der Waals surface area contributed by atoms with Crippen LogP contribution in [0.2, 0.25) is 5.02 Å². The van der Waals surface area contributed by atoms with Gasteiger partial charge in [-0.15, -0.1) is 0 Å². The lowest BCUT2D eigenvalue weighted by Crippen LogP contribution is -2.00. The minimum absolute atomic E-state index is 0.0474. The zero-order valence-electron chi connectivity index (χ0n) is 9.93. The Bertz CT molecular complexity index is 728. The summed E-state index contributed by atoms with van der Waals surface area (Å²) in [6, 6.07) is 10.0. The maximum absolute atomic E-state index is 13.5. The SMILES string of the molecule is N#Cc1ccc(Cl)cc1Nc1cccc(F)c1[N+](=O)[O-]. The second-order valence-corrected chi connectivity index (χ2v) is 4.26. The summed E-state index contributed by atoms with van der Waals surface area (Å²) in [6.07, 6.45) is 0. The molecule has 0 amide bonds. The fourth-order valence-electron chi connectivity index (χ4n) is 1.66. The summed E-state index contributed by atoms with van der Waals surface area (Å²) >= 11 is 5.82. The van der Waals surface area contributed by atoms with Gasteiger partial charge in [-0.25, -0.2) is 0 Å². The number of halogens is 2. The first kappa shape index (κ1) is 13.8. The van der Waals surface area contributed by atoms with Crippen molar-refractivity contribution in [3.8, 4) is 6.07 Å². The van der Waals surface area contributed by atoms with Gasteiger partial charge in [0.1, 0.15) is 11.8 Å². The summed E-state index contributed by atoms with van der Waals surface area (Å²) in [5, 5.41) is 22.9. The zero-order chi connectivity index (χ0) is 14.7. The summed E-state index contributed by atoms with van der Waals surface area (Å²) in [5.41, 5.74) is -0.216. The van der Waals surface area contributed by atoms with Crippen LogP contribution in [0.5, 0.6) is 0 Å². The predicted molar refractivity (Wildman–Crippen MR) is 72.5 cm³/mol. The molecule has 0 aliphatic rings. The third-order valence-electron chi connectivity index (χ3n) is 2.54. The molecule has 0 aromatic heterocycles. The maximum Gasteiger partial charge on any atom is 0.327 e. The highest BCUT2D eigenvalue weighted by molar-refractivity contribution is 6.30. The summed E-state index contributed by atoms with van der Waals surface area (Å²) in [4.78, 5) is 10.1. The average molecular weight is 292 g/mol. The Kier molecular flexibility index (Phi) is 3.82. The first-order chi connectivity index (χ1) is 9.52. The molecule has 0 saturated heterocycles. The lowest BCUT2D eigenvalue weighted by Gasteiger charge is -2.09. The number of para-hydroxylation sites is 1. The normalized spacial score (nSPS) is 9.85. The van der Waals surface area contributed by atoms with Gasteiger partial charge in [0, 0.05) is 5.02 Å². The molecular formula is C13H7ClFN3O2. The number of nitrogens with one attached hydrogen (secondary N) is 1. The minimum atomic E-state index is -0.958. The highest BCUT2D eigenvalue weighted by Gasteiger charge is 2.20. The van der Waals surface area contributed by atoms with Crippen molar-refractivity contribution >= 4 is 28.7 Å². The van der Waals surface area contributed by atoms with Crippen LogP contribution in [0.1, 0.15) is 5.56 Å². The van der Waals surface area contributed by atoms with E-state index in [-0.39, 0.29) is 16.9 Å². The number of hydrogen-bond acceptors (Lipinski definition) is 4. The first-order valence-electron chi connectivity index (χ1n) is 5.42. The van der Waals surface area contributed by atoms with Crippen molar-refractivity contribution in [2.75, 3.05) is 5.32 Å². The number of anilines is 2. The molecule has 20 heavy (non-hydrogen) atoms. The van der Waals surface area contributed by atoms with Crippen LogP contribution < -0.4 is 5.32 Å². The Balaban J connectivity index is 2.51. The van der Waals surface area contributed by atoms with Crippen molar-refractivity contribution in [2.24, 2.45) is 0 Å². The van der Waals surface area contributed by atoms with Crippen LogP contribution in [-0.4, -0.2) is 4.92 Å². The van der Waals surface area contributed by atoms with Gasteiger partial charge in [-0.3, -0.25) is 10.1 Å². The molecule has 0 spiro atoms. The molecular weight excluding hydrogens is 285 g/mol. The number of nitriles is 1. The van der Waals surface area contributed by atoms with Crippen LogP contribution in [0, 0.1) is 27.3 Å². The molecule has 2 aromatic carbocycles. The molecule has 0 saturated carbocycles. The molecule has 0 aliphatic heterocycles. The topological polar surface area (TPSA) is 79.0 Å². The van der Waals surface area contributed by atoms with Crippen molar-refractivity contribution in [2.45, 2.75) is 0 Å². The van der Waals surface area contributed by atoms with Crippen molar-refractivity contribution in [1.29, 1.82) is 5.26 Å². The van der Waals surface area contributed by atoms with E-state index in [9.17, 15) is 14.5 Å². The van der Waals surface area contributed by atoms with Crippen LogP contribution in [0.25, 0.3) is 0 Å². The van der Waals surface area contributed by atoms with Gasteiger partial charge in [0.15, 0.2) is 0 Å². The van der Waals surface area contributed by atoms with Crippen molar-refractivity contribution in [3.63, 3.8) is 0 Å². The highest BCUT2D eigenvalue weighted by atomic mass is 35.5. The lowest BCUT2D eigenvalue weighted by atomic mass is 10.1. The van der Waals surface area contributed by atoms with E-state index in [4.69, 9.17) is 16.9 Å². The van der Waals surface area contributed by atoms with E-state index in [1.54, 1.807) is 0 Å². The summed E-state index contributed by atoms with van der Waals surface area (Å²) < 4.78 is 13.5. The van der Waals surface area contributed by atoms with E-state index in [0.29, 0.717) is 5.02 Å². The zero-order valence-corrected chi connectivity index (χ0v) is 10.7. The molecule has 5 nitrogen and oxygen atoms in total.